The van der Waals surface area contributed by atoms with Gasteiger partial charge in [-0.05, 0) is 47.5 Å². The Morgan fingerprint density at radius 3 is 2.29 bits per heavy atom. The van der Waals surface area contributed by atoms with Gasteiger partial charge in [0, 0.05) is 5.56 Å². The molecule has 28 heavy (non-hydrogen) atoms. The summed E-state index contributed by atoms with van der Waals surface area (Å²) in [7, 11) is 0. The summed E-state index contributed by atoms with van der Waals surface area (Å²) in [6.07, 6.45) is 0. The number of nitrogen functional groups attached to an aromatic ring is 1. The van der Waals surface area contributed by atoms with E-state index in [0.717, 1.165) is 16.7 Å². The van der Waals surface area contributed by atoms with E-state index < -0.39 is 5.91 Å². The third kappa shape index (κ3) is 3.64. The molecule has 4 aromatic rings. The Kier molecular flexibility index (Phi) is 4.64. The van der Waals surface area contributed by atoms with Crippen molar-refractivity contribution in [3.05, 3.63) is 96.5 Å². The van der Waals surface area contributed by atoms with Gasteiger partial charge in [0.2, 0.25) is 0 Å². The van der Waals surface area contributed by atoms with E-state index in [1.165, 1.54) is 12.1 Å². The van der Waals surface area contributed by atoms with Crippen molar-refractivity contribution in [3.8, 4) is 22.5 Å². The van der Waals surface area contributed by atoms with Crippen molar-refractivity contribution in [3.63, 3.8) is 0 Å². The number of carbonyl (C=O) groups is 1. The number of anilines is 2. The van der Waals surface area contributed by atoms with E-state index in [9.17, 15) is 9.18 Å². The van der Waals surface area contributed by atoms with Gasteiger partial charge in [0.25, 0.3) is 5.91 Å². The van der Waals surface area contributed by atoms with Crippen LogP contribution in [0.1, 0.15) is 10.6 Å². The predicted molar refractivity (Wildman–Crippen MR) is 108 cm³/mol. The number of nitrogens with one attached hydrogen (secondary N) is 1. The molecule has 1 amide bonds. The first kappa shape index (κ1) is 17.5. The number of hydrogen-bond donors (Lipinski definition) is 2. The van der Waals surface area contributed by atoms with Crippen LogP contribution in [0.3, 0.4) is 0 Å². The first-order chi connectivity index (χ1) is 13.6. The van der Waals surface area contributed by atoms with Crippen molar-refractivity contribution in [1.82, 2.24) is 0 Å². The predicted octanol–water partition coefficient (Wildman–Crippen LogP) is 5.59. The van der Waals surface area contributed by atoms with Crippen molar-refractivity contribution in [1.29, 1.82) is 0 Å². The second kappa shape index (κ2) is 7.40. The molecule has 0 atom stereocenters. The van der Waals surface area contributed by atoms with Crippen LogP contribution in [-0.4, -0.2) is 5.91 Å². The highest BCUT2D eigenvalue weighted by Crippen LogP contribution is 2.28. The fraction of sp³-hybridized carbons (Fsp3) is 0. The number of carbonyl (C=O) groups excluding carboxylic acids is 1. The SMILES string of the molecule is Nc1ccc(-c2ccc(F)cc2)cc1NC(=O)c1ccc(-c2ccccc2)o1. The van der Waals surface area contributed by atoms with Gasteiger partial charge >= 0.3 is 0 Å². The average Bonchev–Trinajstić information content (AvgIpc) is 3.21. The summed E-state index contributed by atoms with van der Waals surface area (Å²) in [5.41, 5.74) is 9.42. The Morgan fingerprint density at radius 1 is 0.821 bits per heavy atom. The van der Waals surface area contributed by atoms with E-state index in [4.69, 9.17) is 10.2 Å². The van der Waals surface area contributed by atoms with E-state index in [-0.39, 0.29) is 11.6 Å². The number of furan rings is 1. The molecular weight excluding hydrogens is 355 g/mol. The zero-order valence-corrected chi connectivity index (χ0v) is 14.9. The van der Waals surface area contributed by atoms with Crippen LogP contribution in [0.2, 0.25) is 0 Å². The molecule has 0 radical (unpaired) electrons. The highest BCUT2D eigenvalue weighted by Gasteiger charge is 2.14. The number of nitrogens with two attached hydrogens (primary N) is 1. The Bertz CT molecular complexity index is 1120. The number of hydrogen-bond acceptors (Lipinski definition) is 3. The van der Waals surface area contributed by atoms with Crippen molar-refractivity contribution in [2.45, 2.75) is 0 Å². The van der Waals surface area contributed by atoms with Crippen molar-refractivity contribution in [2.75, 3.05) is 11.1 Å². The van der Waals surface area contributed by atoms with E-state index in [1.54, 1.807) is 36.4 Å². The Hall–Kier alpha value is -3.86. The molecule has 0 fully saturated rings. The van der Waals surface area contributed by atoms with Gasteiger partial charge in [0.15, 0.2) is 5.76 Å². The standard InChI is InChI=1S/C23H17FN2O2/c24-18-9-6-15(7-10-18)17-8-11-19(25)20(14-17)26-23(27)22-13-12-21(28-22)16-4-2-1-3-5-16/h1-14H,25H2,(H,26,27). The van der Waals surface area contributed by atoms with E-state index in [1.807, 2.05) is 36.4 Å². The number of amides is 1. The summed E-state index contributed by atoms with van der Waals surface area (Å²) in [5, 5.41) is 2.78. The number of rotatable bonds is 4. The zero-order valence-electron chi connectivity index (χ0n) is 14.9. The van der Waals surface area contributed by atoms with Crippen LogP contribution in [0.25, 0.3) is 22.5 Å². The van der Waals surface area contributed by atoms with Crippen molar-refractivity contribution in [2.24, 2.45) is 0 Å². The minimum atomic E-state index is -0.398. The molecular formula is C23H17FN2O2. The normalized spacial score (nSPS) is 10.6. The first-order valence-corrected chi connectivity index (χ1v) is 8.72. The van der Waals surface area contributed by atoms with Crippen LogP contribution >= 0.6 is 0 Å². The van der Waals surface area contributed by atoms with Crippen molar-refractivity contribution < 1.29 is 13.6 Å². The van der Waals surface area contributed by atoms with Crippen LogP contribution < -0.4 is 11.1 Å². The summed E-state index contributed by atoms with van der Waals surface area (Å²) in [5.74, 6) is 0.0918. The molecule has 0 aliphatic carbocycles. The van der Waals surface area contributed by atoms with Gasteiger partial charge in [0.05, 0.1) is 11.4 Å². The summed E-state index contributed by atoms with van der Waals surface area (Å²) in [6, 6.07) is 24.3. The zero-order chi connectivity index (χ0) is 19.5. The lowest BCUT2D eigenvalue weighted by Crippen LogP contribution is -2.12. The van der Waals surface area contributed by atoms with Gasteiger partial charge in [-0.2, -0.15) is 0 Å². The van der Waals surface area contributed by atoms with Crippen LogP contribution in [-0.2, 0) is 0 Å². The maximum Gasteiger partial charge on any atom is 0.291 e. The summed E-state index contributed by atoms with van der Waals surface area (Å²) in [4.78, 5) is 12.6. The third-order valence-electron chi connectivity index (χ3n) is 4.37. The van der Waals surface area contributed by atoms with Crippen LogP contribution in [0.5, 0.6) is 0 Å². The van der Waals surface area contributed by atoms with Gasteiger partial charge in [-0.1, -0.05) is 48.5 Å². The smallest absolute Gasteiger partial charge is 0.291 e. The molecule has 3 aromatic carbocycles. The van der Waals surface area contributed by atoms with Gasteiger partial charge in [0.1, 0.15) is 11.6 Å². The highest BCUT2D eigenvalue weighted by atomic mass is 19.1. The highest BCUT2D eigenvalue weighted by molar-refractivity contribution is 6.04. The minimum Gasteiger partial charge on any atom is -0.451 e. The number of benzene rings is 3. The molecule has 0 aliphatic heterocycles. The summed E-state index contributed by atoms with van der Waals surface area (Å²) in [6.45, 7) is 0. The largest absolute Gasteiger partial charge is 0.451 e. The second-order valence-corrected chi connectivity index (χ2v) is 6.29. The maximum atomic E-state index is 13.1. The van der Waals surface area contributed by atoms with Crippen molar-refractivity contribution >= 4 is 17.3 Å². The van der Waals surface area contributed by atoms with E-state index >= 15 is 0 Å². The van der Waals surface area contributed by atoms with Gasteiger partial charge in [-0.15, -0.1) is 0 Å². The molecule has 4 rings (SSSR count). The van der Waals surface area contributed by atoms with Gasteiger partial charge in [-0.3, -0.25) is 4.79 Å². The van der Waals surface area contributed by atoms with Crippen LogP contribution in [0, 0.1) is 5.82 Å². The Morgan fingerprint density at radius 2 is 1.54 bits per heavy atom. The lowest BCUT2D eigenvalue weighted by Gasteiger charge is -2.10. The monoisotopic (exact) mass is 372 g/mol. The summed E-state index contributed by atoms with van der Waals surface area (Å²) < 4.78 is 18.8. The van der Waals surface area contributed by atoms with E-state index in [0.29, 0.717) is 17.1 Å². The first-order valence-electron chi connectivity index (χ1n) is 8.72. The number of halogens is 1. The lowest BCUT2D eigenvalue weighted by atomic mass is 10.0. The lowest BCUT2D eigenvalue weighted by molar-refractivity contribution is 0.0997. The maximum absolute atomic E-state index is 13.1. The Labute approximate surface area is 161 Å². The molecule has 5 heteroatoms. The molecule has 1 aromatic heterocycles. The molecule has 0 saturated carbocycles. The van der Waals surface area contributed by atoms with Gasteiger partial charge in [-0.25, -0.2) is 4.39 Å². The molecule has 138 valence electrons. The average molecular weight is 372 g/mol. The molecule has 0 spiro atoms. The molecule has 3 N–H and O–H groups in total. The second-order valence-electron chi connectivity index (χ2n) is 6.29. The van der Waals surface area contributed by atoms with Gasteiger partial charge < -0.3 is 15.5 Å². The molecule has 0 bridgehead atoms. The summed E-state index contributed by atoms with van der Waals surface area (Å²) >= 11 is 0. The minimum absolute atomic E-state index is 0.186. The Balaban J connectivity index is 1.57. The van der Waals surface area contributed by atoms with Crippen LogP contribution in [0.15, 0.2) is 89.3 Å². The quantitative estimate of drug-likeness (QED) is 0.459. The van der Waals surface area contributed by atoms with Crippen LogP contribution in [0.4, 0.5) is 15.8 Å². The fourth-order valence-corrected chi connectivity index (χ4v) is 2.89. The fourth-order valence-electron chi connectivity index (χ4n) is 2.89. The molecule has 1 heterocycles. The third-order valence-corrected chi connectivity index (χ3v) is 4.37. The molecule has 0 unspecified atom stereocenters. The topological polar surface area (TPSA) is 68.3 Å². The molecule has 0 saturated heterocycles. The molecule has 0 aliphatic rings. The van der Waals surface area contributed by atoms with E-state index in [2.05, 4.69) is 5.32 Å². The molecule has 4 nitrogen and oxygen atoms in total.